The molecule has 0 bridgehead atoms. The van der Waals surface area contributed by atoms with Crippen molar-refractivity contribution >= 4 is 28.5 Å². The average molecular weight is 329 g/mol. The van der Waals surface area contributed by atoms with Gasteiger partial charge in [0.2, 0.25) is 5.13 Å². The Morgan fingerprint density at radius 2 is 2.09 bits per heavy atom. The van der Waals surface area contributed by atoms with E-state index in [9.17, 15) is 4.79 Å². The van der Waals surface area contributed by atoms with Crippen LogP contribution in [0.5, 0.6) is 5.75 Å². The summed E-state index contributed by atoms with van der Waals surface area (Å²) in [6.07, 6.45) is 3.90. The first-order valence-electron chi connectivity index (χ1n) is 7.78. The molecule has 0 aliphatic carbocycles. The molecule has 0 fully saturated rings. The number of rotatable bonds is 5. The van der Waals surface area contributed by atoms with E-state index in [0.29, 0.717) is 16.6 Å². The molecule has 23 heavy (non-hydrogen) atoms. The molecule has 0 saturated carbocycles. The average Bonchev–Trinajstić information content (AvgIpc) is 3.04. The van der Waals surface area contributed by atoms with Gasteiger partial charge in [-0.05, 0) is 25.0 Å². The van der Waals surface area contributed by atoms with Crippen LogP contribution in [0.15, 0.2) is 29.8 Å². The molecule has 0 atom stereocenters. The minimum atomic E-state index is -0.188. The van der Waals surface area contributed by atoms with Gasteiger partial charge in [0.1, 0.15) is 17.4 Å². The van der Waals surface area contributed by atoms with E-state index in [1.54, 1.807) is 0 Å². The standard InChI is InChI=1S/C17H19N3O2S/c1-3-11(4-2)16-19-20-17(23-16)18-15(21)13-9-12-7-5-6-8-14(12)22-10-13/h5-9,11H,3-4,10H2,1-2H3,(H,18,20,21). The number of carbonyl (C=O) groups is 1. The molecule has 1 aliphatic rings. The molecule has 0 spiro atoms. The quantitative estimate of drug-likeness (QED) is 0.905. The maximum Gasteiger partial charge on any atom is 0.256 e. The van der Waals surface area contributed by atoms with E-state index in [1.807, 2.05) is 30.3 Å². The number of nitrogens with one attached hydrogen (secondary N) is 1. The first-order chi connectivity index (χ1) is 11.2. The predicted molar refractivity (Wildman–Crippen MR) is 91.8 cm³/mol. The molecule has 120 valence electrons. The number of carbonyl (C=O) groups excluding carboxylic acids is 1. The van der Waals surface area contributed by atoms with Gasteiger partial charge in [-0.1, -0.05) is 43.4 Å². The summed E-state index contributed by atoms with van der Waals surface area (Å²) in [6, 6.07) is 7.66. The van der Waals surface area contributed by atoms with E-state index in [2.05, 4.69) is 29.4 Å². The van der Waals surface area contributed by atoms with Crippen LogP contribution in [0.2, 0.25) is 0 Å². The van der Waals surface area contributed by atoms with Gasteiger partial charge in [-0.3, -0.25) is 10.1 Å². The van der Waals surface area contributed by atoms with Crippen molar-refractivity contribution in [1.29, 1.82) is 0 Å². The zero-order valence-electron chi connectivity index (χ0n) is 13.2. The fraction of sp³-hybridized carbons (Fsp3) is 0.353. The Hall–Kier alpha value is -2.21. The lowest BCUT2D eigenvalue weighted by Gasteiger charge is -2.16. The summed E-state index contributed by atoms with van der Waals surface area (Å²) in [5, 5.41) is 12.6. The normalized spacial score (nSPS) is 13.3. The third-order valence-electron chi connectivity index (χ3n) is 3.92. The molecule has 2 heterocycles. The van der Waals surface area contributed by atoms with Gasteiger partial charge in [0.15, 0.2) is 0 Å². The van der Waals surface area contributed by atoms with Gasteiger partial charge >= 0.3 is 0 Å². The van der Waals surface area contributed by atoms with Gasteiger partial charge in [-0.15, -0.1) is 10.2 Å². The summed E-state index contributed by atoms with van der Waals surface area (Å²) in [7, 11) is 0. The van der Waals surface area contributed by atoms with Crippen molar-refractivity contribution in [1.82, 2.24) is 10.2 Å². The van der Waals surface area contributed by atoms with Crippen LogP contribution in [0, 0.1) is 0 Å². The molecule has 6 heteroatoms. The highest BCUT2D eigenvalue weighted by atomic mass is 32.1. The highest BCUT2D eigenvalue weighted by Crippen LogP contribution is 2.29. The van der Waals surface area contributed by atoms with Crippen LogP contribution in [-0.4, -0.2) is 22.7 Å². The predicted octanol–water partition coefficient (Wildman–Crippen LogP) is 3.86. The van der Waals surface area contributed by atoms with Crippen LogP contribution in [0.25, 0.3) is 6.08 Å². The van der Waals surface area contributed by atoms with Crippen molar-refractivity contribution in [2.45, 2.75) is 32.6 Å². The van der Waals surface area contributed by atoms with Crippen molar-refractivity contribution in [2.24, 2.45) is 0 Å². The zero-order chi connectivity index (χ0) is 16.2. The van der Waals surface area contributed by atoms with E-state index in [-0.39, 0.29) is 12.5 Å². The summed E-state index contributed by atoms with van der Waals surface area (Å²) in [5.41, 5.74) is 1.50. The van der Waals surface area contributed by atoms with Crippen LogP contribution in [0.1, 0.15) is 43.2 Å². The fourth-order valence-electron chi connectivity index (χ4n) is 2.51. The number of ether oxygens (including phenoxy) is 1. The van der Waals surface area contributed by atoms with Gasteiger partial charge in [0.05, 0.1) is 5.57 Å². The third-order valence-corrected chi connectivity index (χ3v) is 4.92. The lowest BCUT2D eigenvalue weighted by Crippen LogP contribution is -2.21. The molecule has 1 aromatic heterocycles. The van der Waals surface area contributed by atoms with E-state index >= 15 is 0 Å². The van der Waals surface area contributed by atoms with Crippen molar-refractivity contribution in [3.8, 4) is 5.75 Å². The van der Waals surface area contributed by atoms with Gasteiger partial charge in [-0.2, -0.15) is 0 Å². The Balaban J connectivity index is 1.72. The fourth-order valence-corrected chi connectivity index (χ4v) is 3.52. The van der Waals surface area contributed by atoms with Crippen LogP contribution in [0.3, 0.4) is 0 Å². The largest absolute Gasteiger partial charge is 0.488 e. The van der Waals surface area contributed by atoms with Gasteiger partial charge in [0.25, 0.3) is 5.91 Å². The molecule has 2 aromatic rings. The first-order valence-corrected chi connectivity index (χ1v) is 8.60. The second-order valence-corrected chi connectivity index (χ2v) is 6.42. The smallest absolute Gasteiger partial charge is 0.256 e. The summed E-state index contributed by atoms with van der Waals surface area (Å²) in [4.78, 5) is 12.4. The minimum absolute atomic E-state index is 0.188. The topological polar surface area (TPSA) is 64.1 Å². The molecule has 1 aromatic carbocycles. The number of para-hydroxylation sites is 1. The molecule has 0 saturated heterocycles. The van der Waals surface area contributed by atoms with Crippen molar-refractivity contribution < 1.29 is 9.53 Å². The Bertz CT molecular complexity index is 735. The molecule has 1 amide bonds. The number of aromatic nitrogens is 2. The molecule has 0 radical (unpaired) electrons. The van der Waals surface area contributed by atoms with Crippen LogP contribution < -0.4 is 10.1 Å². The number of nitrogens with zero attached hydrogens (tertiary/aromatic N) is 2. The van der Waals surface area contributed by atoms with Crippen molar-refractivity contribution in [3.05, 3.63) is 40.4 Å². The minimum Gasteiger partial charge on any atom is -0.488 e. The molecular weight excluding hydrogens is 310 g/mol. The Kier molecular flexibility index (Phi) is 4.71. The second kappa shape index (κ2) is 6.91. The van der Waals surface area contributed by atoms with E-state index in [0.717, 1.165) is 29.2 Å². The van der Waals surface area contributed by atoms with Crippen LogP contribution in [-0.2, 0) is 4.79 Å². The number of benzene rings is 1. The Labute approximate surface area is 139 Å². The second-order valence-electron chi connectivity index (χ2n) is 5.41. The maximum absolute atomic E-state index is 12.4. The zero-order valence-corrected chi connectivity index (χ0v) is 14.0. The summed E-state index contributed by atoms with van der Waals surface area (Å²) >= 11 is 1.45. The van der Waals surface area contributed by atoms with E-state index < -0.39 is 0 Å². The van der Waals surface area contributed by atoms with Crippen molar-refractivity contribution in [3.63, 3.8) is 0 Å². The summed E-state index contributed by atoms with van der Waals surface area (Å²) in [6.45, 7) is 4.53. The maximum atomic E-state index is 12.4. The highest BCUT2D eigenvalue weighted by molar-refractivity contribution is 7.15. The summed E-state index contributed by atoms with van der Waals surface area (Å²) < 4.78 is 5.61. The van der Waals surface area contributed by atoms with Gasteiger partial charge in [-0.25, -0.2) is 0 Å². The Morgan fingerprint density at radius 3 is 2.87 bits per heavy atom. The molecule has 1 N–H and O–H groups in total. The monoisotopic (exact) mass is 329 g/mol. The SMILES string of the molecule is CCC(CC)c1nnc(NC(=O)C2=Cc3ccccc3OC2)s1. The Morgan fingerprint density at radius 1 is 1.30 bits per heavy atom. The lowest BCUT2D eigenvalue weighted by molar-refractivity contribution is -0.113. The molecule has 0 unspecified atom stereocenters. The van der Waals surface area contributed by atoms with Crippen LogP contribution in [0.4, 0.5) is 5.13 Å². The number of hydrogen-bond acceptors (Lipinski definition) is 5. The number of hydrogen-bond donors (Lipinski definition) is 1. The lowest BCUT2D eigenvalue weighted by atomic mass is 10.1. The highest BCUT2D eigenvalue weighted by Gasteiger charge is 2.19. The van der Waals surface area contributed by atoms with Crippen LogP contribution >= 0.6 is 11.3 Å². The van der Waals surface area contributed by atoms with E-state index in [4.69, 9.17) is 4.74 Å². The number of amides is 1. The molecule has 3 rings (SSSR count). The molecule has 5 nitrogen and oxygen atoms in total. The summed E-state index contributed by atoms with van der Waals surface area (Å²) in [5.74, 6) is 1.02. The van der Waals surface area contributed by atoms with Gasteiger partial charge < -0.3 is 4.74 Å². The van der Waals surface area contributed by atoms with Crippen molar-refractivity contribution in [2.75, 3.05) is 11.9 Å². The molecular formula is C17H19N3O2S. The molecule has 1 aliphatic heterocycles. The number of anilines is 1. The van der Waals surface area contributed by atoms with E-state index in [1.165, 1.54) is 11.3 Å². The first kappa shape index (κ1) is 15.7. The third kappa shape index (κ3) is 3.42. The number of fused-ring (bicyclic) bond motifs is 1. The van der Waals surface area contributed by atoms with Gasteiger partial charge in [0, 0.05) is 11.5 Å².